The monoisotopic (exact) mass is 267 g/mol. The van der Waals surface area contributed by atoms with Gasteiger partial charge in [-0.1, -0.05) is 6.07 Å². The molecule has 0 amide bonds. The van der Waals surface area contributed by atoms with E-state index < -0.39 is 5.82 Å². The Morgan fingerprint density at radius 1 is 1.53 bits per heavy atom. The van der Waals surface area contributed by atoms with Gasteiger partial charge in [-0.05, 0) is 38.3 Å². The van der Waals surface area contributed by atoms with Crippen LogP contribution >= 0.6 is 0 Å². The molecule has 0 bridgehead atoms. The summed E-state index contributed by atoms with van der Waals surface area (Å²) in [6, 6.07) is 4.36. The lowest BCUT2D eigenvalue weighted by Crippen LogP contribution is -2.38. The third-order valence-electron chi connectivity index (χ3n) is 3.94. The predicted octanol–water partition coefficient (Wildman–Crippen LogP) is 2.95. The van der Waals surface area contributed by atoms with Gasteiger partial charge in [0, 0.05) is 31.3 Å². The van der Waals surface area contributed by atoms with Gasteiger partial charge in [-0.25, -0.2) is 4.39 Å². The molecule has 4 heteroatoms. The van der Waals surface area contributed by atoms with E-state index in [2.05, 4.69) is 11.8 Å². The Morgan fingerprint density at radius 2 is 2.32 bits per heavy atom. The van der Waals surface area contributed by atoms with Crippen molar-refractivity contribution in [3.05, 3.63) is 29.6 Å². The smallest absolute Gasteiger partial charge is 0.126 e. The van der Waals surface area contributed by atoms with Crippen LogP contribution in [-0.4, -0.2) is 36.8 Å². The maximum absolute atomic E-state index is 13.0. The maximum Gasteiger partial charge on any atom is 0.126 e. The van der Waals surface area contributed by atoms with E-state index in [1.54, 1.807) is 13.2 Å². The molecule has 1 aromatic rings. The van der Waals surface area contributed by atoms with E-state index in [1.165, 1.54) is 18.6 Å². The number of hydrogen-bond donors (Lipinski definition) is 1. The summed E-state index contributed by atoms with van der Waals surface area (Å²) in [6.07, 6.45) is 2.33. The van der Waals surface area contributed by atoms with Crippen LogP contribution in [0.2, 0.25) is 0 Å². The zero-order valence-electron chi connectivity index (χ0n) is 11.6. The minimum atomic E-state index is -0.399. The Morgan fingerprint density at radius 3 is 3.00 bits per heavy atom. The zero-order chi connectivity index (χ0) is 13.8. The standard InChI is InChI=1S/C15H22FNO2/c1-11(14-6-5-13(16)8-15(14)18)17-7-3-4-12(9-17)10-19-2/h5-6,8,11-12,18H,3-4,7,9-10H2,1-2H3. The lowest BCUT2D eigenvalue weighted by Gasteiger charge is -2.37. The van der Waals surface area contributed by atoms with Gasteiger partial charge in [-0.2, -0.15) is 0 Å². The van der Waals surface area contributed by atoms with Gasteiger partial charge in [-0.3, -0.25) is 4.90 Å². The van der Waals surface area contributed by atoms with E-state index in [-0.39, 0.29) is 11.8 Å². The molecule has 1 heterocycles. The number of nitrogens with zero attached hydrogens (tertiary/aromatic N) is 1. The molecule has 1 fully saturated rings. The average Bonchev–Trinajstić information content (AvgIpc) is 2.39. The third-order valence-corrected chi connectivity index (χ3v) is 3.94. The molecule has 1 aliphatic heterocycles. The van der Waals surface area contributed by atoms with Gasteiger partial charge < -0.3 is 9.84 Å². The first-order chi connectivity index (χ1) is 9.11. The zero-order valence-corrected chi connectivity index (χ0v) is 11.6. The summed E-state index contributed by atoms with van der Waals surface area (Å²) in [6.45, 7) is 4.81. The fourth-order valence-electron chi connectivity index (χ4n) is 2.89. The van der Waals surface area contributed by atoms with Gasteiger partial charge in [0.15, 0.2) is 0 Å². The summed E-state index contributed by atoms with van der Waals surface area (Å²) < 4.78 is 18.3. The molecule has 0 aliphatic carbocycles. The molecule has 0 aromatic heterocycles. The van der Waals surface area contributed by atoms with Gasteiger partial charge >= 0.3 is 0 Å². The second-order valence-electron chi connectivity index (χ2n) is 5.34. The Hall–Kier alpha value is -1.13. The van der Waals surface area contributed by atoms with Gasteiger partial charge in [0.25, 0.3) is 0 Å². The molecule has 2 unspecified atom stereocenters. The molecular formula is C15H22FNO2. The largest absolute Gasteiger partial charge is 0.508 e. The first-order valence-corrected chi connectivity index (χ1v) is 6.83. The summed E-state index contributed by atoms with van der Waals surface area (Å²) in [5.74, 6) is 0.189. The molecular weight excluding hydrogens is 245 g/mol. The topological polar surface area (TPSA) is 32.7 Å². The number of hydrogen-bond acceptors (Lipinski definition) is 3. The molecule has 1 N–H and O–H groups in total. The number of benzene rings is 1. The summed E-state index contributed by atoms with van der Waals surface area (Å²) in [4.78, 5) is 2.33. The van der Waals surface area contributed by atoms with E-state index in [1.807, 2.05) is 0 Å². The Labute approximate surface area is 114 Å². The molecule has 2 atom stereocenters. The van der Waals surface area contributed by atoms with Crippen molar-refractivity contribution >= 4 is 0 Å². The van der Waals surface area contributed by atoms with E-state index in [4.69, 9.17) is 4.74 Å². The molecule has 106 valence electrons. The predicted molar refractivity (Wildman–Crippen MR) is 72.7 cm³/mol. The van der Waals surface area contributed by atoms with Gasteiger partial charge in [0.1, 0.15) is 11.6 Å². The number of methoxy groups -OCH3 is 1. The highest BCUT2D eigenvalue weighted by molar-refractivity contribution is 5.35. The number of aromatic hydroxyl groups is 1. The second kappa shape index (κ2) is 6.35. The van der Waals surface area contributed by atoms with E-state index >= 15 is 0 Å². The summed E-state index contributed by atoms with van der Waals surface area (Å²) in [5.41, 5.74) is 0.791. The molecule has 0 radical (unpaired) electrons. The lowest BCUT2D eigenvalue weighted by molar-refractivity contribution is 0.0715. The van der Waals surface area contributed by atoms with Crippen molar-refractivity contribution in [2.24, 2.45) is 5.92 Å². The van der Waals surface area contributed by atoms with Gasteiger partial charge in [0.05, 0.1) is 6.61 Å². The summed E-state index contributed by atoms with van der Waals surface area (Å²) in [5, 5.41) is 9.87. The van der Waals surface area contributed by atoms with Crippen molar-refractivity contribution in [3.8, 4) is 5.75 Å². The number of ether oxygens (including phenoxy) is 1. The molecule has 0 spiro atoms. The van der Waals surface area contributed by atoms with Gasteiger partial charge in [-0.15, -0.1) is 0 Å². The van der Waals surface area contributed by atoms with E-state index in [9.17, 15) is 9.50 Å². The quantitative estimate of drug-likeness (QED) is 0.910. The van der Waals surface area contributed by atoms with Gasteiger partial charge in [0.2, 0.25) is 0 Å². The number of phenolic OH excluding ortho intramolecular Hbond substituents is 1. The first-order valence-electron chi connectivity index (χ1n) is 6.83. The van der Waals surface area contributed by atoms with Crippen molar-refractivity contribution in [1.29, 1.82) is 0 Å². The van der Waals surface area contributed by atoms with Crippen LogP contribution in [0.25, 0.3) is 0 Å². The van der Waals surface area contributed by atoms with Crippen molar-refractivity contribution < 1.29 is 14.2 Å². The SMILES string of the molecule is COCC1CCCN(C(C)c2ccc(F)cc2O)C1. The van der Waals surface area contributed by atoms with Crippen LogP contribution in [-0.2, 0) is 4.74 Å². The lowest BCUT2D eigenvalue weighted by atomic mass is 9.95. The number of piperidine rings is 1. The molecule has 1 saturated heterocycles. The highest BCUT2D eigenvalue weighted by Gasteiger charge is 2.25. The molecule has 2 rings (SSSR count). The minimum Gasteiger partial charge on any atom is -0.508 e. The Kier molecular flexibility index (Phi) is 4.77. The molecule has 1 aliphatic rings. The van der Waals surface area contributed by atoms with Crippen LogP contribution in [0.4, 0.5) is 4.39 Å². The maximum atomic E-state index is 13.0. The average molecular weight is 267 g/mol. The molecule has 1 aromatic carbocycles. The Balaban J connectivity index is 2.07. The highest BCUT2D eigenvalue weighted by Crippen LogP contribution is 2.31. The van der Waals surface area contributed by atoms with Crippen molar-refractivity contribution in [2.45, 2.75) is 25.8 Å². The number of halogens is 1. The van der Waals surface area contributed by atoms with Crippen LogP contribution in [0.15, 0.2) is 18.2 Å². The molecule has 0 saturated carbocycles. The van der Waals surface area contributed by atoms with E-state index in [0.717, 1.165) is 31.7 Å². The minimum absolute atomic E-state index is 0.0429. The molecule has 3 nitrogen and oxygen atoms in total. The fraction of sp³-hybridized carbons (Fsp3) is 0.600. The van der Waals surface area contributed by atoms with Crippen molar-refractivity contribution in [2.75, 3.05) is 26.8 Å². The number of rotatable bonds is 4. The Bertz CT molecular complexity index is 423. The van der Waals surface area contributed by atoms with Crippen LogP contribution in [0.1, 0.15) is 31.4 Å². The molecule has 19 heavy (non-hydrogen) atoms. The fourth-order valence-corrected chi connectivity index (χ4v) is 2.89. The van der Waals surface area contributed by atoms with Crippen LogP contribution in [0, 0.1) is 11.7 Å². The second-order valence-corrected chi connectivity index (χ2v) is 5.34. The third kappa shape index (κ3) is 3.45. The summed E-state index contributed by atoms with van der Waals surface area (Å²) >= 11 is 0. The van der Waals surface area contributed by atoms with E-state index in [0.29, 0.717) is 5.92 Å². The van der Waals surface area contributed by atoms with Crippen LogP contribution in [0.3, 0.4) is 0 Å². The highest BCUT2D eigenvalue weighted by atomic mass is 19.1. The first kappa shape index (κ1) is 14.3. The number of phenols is 1. The summed E-state index contributed by atoms with van der Waals surface area (Å²) in [7, 11) is 1.73. The van der Waals surface area contributed by atoms with Crippen LogP contribution in [0.5, 0.6) is 5.75 Å². The normalized spacial score (nSPS) is 22.4. The van der Waals surface area contributed by atoms with Crippen molar-refractivity contribution in [1.82, 2.24) is 4.90 Å². The van der Waals surface area contributed by atoms with Crippen LogP contribution < -0.4 is 0 Å². The van der Waals surface area contributed by atoms with Crippen molar-refractivity contribution in [3.63, 3.8) is 0 Å². The number of likely N-dealkylation sites (tertiary alicyclic amines) is 1.